The van der Waals surface area contributed by atoms with E-state index in [9.17, 15) is 4.79 Å². The summed E-state index contributed by atoms with van der Waals surface area (Å²) in [5.74, 6) is 0.749. The lowest BCUT2D eigenvalue weighted by molar-refractivity contribution is -0.104. The van der Waals surface area contributed by atoms with Crippen LogP contribution in [0.15, 0.2) is 35.3 Å². The summed E-state index contributed by atoms with van der Waals surface area (Å²) in [6.45, 7) is 0. The van der Waals surface area contributed by atoms with E-state index < -0.39 is 0 Å². The van der Waals surface area contributed by atoms with Gasteiger partial charge < -0.3 is 10.6 Å². The summed E-state index contributed by atoms with van der Waals surface area (Å²) in [4.78, 5) is 12.0. The molecule has 0 amide bonds. The maximum absolute atomic E-state index is 10.3. The summed E-state index contributed by atoms with van der Waals surface area (Å²) in [7, 11) is 3.63. The molecular weight excluding hydrogens is 228 g/mol. The molecule has 1 aromatic heterocycles. The van der Waals surface area contributed by atoms with E-state index in [-0.39, 0.29) is 5.70 Å². The number of carbonyl (C=O) groups is 1. The summed E-state index contributed by atoms with van der Waals surface area (Å²) in [5.41, 5.74) is 5.40. The highest BCUT2D eigenvalue weighted by atomic mass is 35.5. The predicted molar refractivity (Wildman–Crippen MR) is 63.9 cm³/mol. The van der Waals surface area contributed by atoms with Crippen molar-refractivity contribution in [3.05, 3.63) is 35.3 Å². The van der Waals surface area contributed by atoms with Crippen molar-refractivity contribution < 1.29 is 4.79 Å². The number of allylic oxidation sites excluding steroid dienone is 3. The minimum Gasteiger partial charge on any atom is -0.396 e. The molecule has 2 N–H and O–H groups in total. The van der Waals surface area contributed by atoms with Crippen molar-refractivity contribution in [3.63, 3.8) is 0 Å². The molecule has 0 saturated carbocycles. The summed E-state index contributed by atoms with van der Waals surface area (Å²) >= 11 is 5.88. The summed E-state index contributed by atoms with van der Waals surface area (Å²) in [5, 5.41) is 4.54. The highest BCUT2D eigenvalue weighted by Crippen LogP contribution is 2.12. The molecular formula is C10H13ClN4O. The first-order valence-electron chi connectivity index (χ1n) is 4.55. The predicted octanol–water partition coefficient (Wildman–Crippen LogP) is 0.978. The van der Waals surface area contributed by atoms with Gasteiger partial charge in [-0.25, -0.2) is 0 Å². The summed E-state index contributed by atoms with van der Waals surface area (Å²) in [6, 6.07) is 1.84. The fourth-order valence-corrected chi connectivity index (χ4v) is 1.34. The summed E-state index contributed by atoms with van der Waals surface area (Å²) in [6.07, 6.45) is 5.37. The Hall–Kier alpha value is -1.75. The Morgan fingerprint density at radius 3 is 2.88 bits per heavy atom. The Bertz CT molecular complexity index is 436. The van der Waals surface area contributed by atoms with Gasteiger partial charge in [-0.1, -0.05) is 11.6 Å². The molecule has 1 rings (SSSR count). The lowest BCUT2D eigenvalue weighted by atomic mass is 10.4. The van der Waals surface area contributed by atoms with Crippen LogP contribution in [0.4, 0.5) is 5.82 Å². The van der Waals surface area contributed by atoms with E-state index in [2.05, 4.69) is 5.10 Å². The Morgan fingerprint density at radius 2 is 2.38 bits per heavy atom. The second kappa shape index (κ2) is 5.37. The zero-order valence-corrected chi connectivity index (χ0v) is 9.85. The normalized spacial score (nSPS) is 12.7. The number of hydrogen-bond donors (Lipinski definition) is 1. The number of carbonyl (C=O) groups excluding carboxylic acids is 1. The Labute approximate surface area is 98.8 Å². The van der Waals surface area contributed by atoms with Gasteiger partial charge in [-0.05, 0) is 6.08 Å². The Balaban J connectivity index is 2.80. The molecule has 0 aliphatic heterocycles. The molecule has 0 spiro atoms. The molecule has 1 aromatic rings. The van der Waals surface area contributed by atoms with E-state index in [0.717, 1.165) is 5.82 Å². The largest absolute Gasteiger partial charge is 0.396 e. The summed E-state index contributed by atoms with van der Waals surface area (Å²) < 4.78 is 1.68. The SMILES string of the molecule is CN(/C=C(Cl)\C=C(\N)C=O)c1ccn(C)n1. The number of aldehydes is 1. The topological polar surface area (TPSA) is 64.2 Å². The monoisotopic (exact) mass is 240 g/mol. The fraction of sp³-hybridized carbons (Fsp3) is 0.200. The lowest BCUT2D eigenvalue weighted by Crippen LogP contribution is -2.10. The van der Waals surface area contributed by atoms with Crippen LogP contribution < -0.4 is 10.6 Å². The van der Waals surface area contributed by atoms with Crippen LogP contribution in [0.1, 0.15) is 0 Å². The molecule has 6 heteroatoms. The molecule has 0 fully saturated rings. The Morgan fingerprint density at radius 1 is 1.69 bits per heavy atom. The third kappa shape index (κ3) is 3.43. The number of aromatic nitrogens is 2. The van der Waals surface area contributed by atoms with Crippen molar-refractivity contribution in [1.82, 2.24) is 9.78 Å². The van der Waals surface area contributed by atoms with Gasteiger partial charge in [0.1, 0.15) is 0 Å². The third-order valence-electron chi connectivity index (χ3n) is 1.82. The van der Waals surface area contributed by atoms with Crippen LogP contribution in [-0.4, -0.2) is 23.1 Å². The highest BCUT2D eigenvalue weighted by Gasteiger charge is 2.01. The molecule has 16 heavy (non-hydrogen) atoms. The first-order chi connectivity index (χ1) is 7.52. The molecule has 0 atom stereocenters. The van der Waals surface area contributed by atoms with Crippen molar-refractivity contribution >= 4 is 23.7 Å². The molecule has 0 saturated heterocycles. The van der Waals surface area contributed by atoms with Crippen LogP contribution in [0.5, 0.6) is 0 Å². The fourth-order valence-electron chi connectivity index (χ4n) is 1.07. The van der Waals surface area contributed by atoms with Crippen LogP contribution in [0, 0.1) is 0 Å². The molecule has 5 nitrogen and oxygen atoms in total. The number of nitrogens with two attached hydrogens (primary N) is 1. The maximum atomic E-state index is 10.3. The van der Waals surface area contributed by atoms with E-state index in [1.165, 1.54) is 6.08 Å². The molecule has 0 bridgehead atoms. The minimum atomic E-state index is 0.0793. The van der Waals surface area contributed by atoms with E-state index in [4.69, 9.17) is 17.3 Å². The van der Waals surface area contributed by atoms with Gasteiger partial charge in [0.05, 0.1) is 10.7 Å². The van der Waals surface area contributed by atoms with Crippen LogP contribution >= 0.6 is 11.6 Å². The number of anilines is 1. The standard InChI is InChI=1S/C10H13ClN4O/c1-14(10-3-4-15(2)13-10)6-8(11)5-9(12)7-16/h3-7H,12H2,1-2H3/b8-6+,9-5+. The van der Waals surface area contributed by atoms with Gasteiger partial charge in [0.25, 0.3) is 0 Å². The van der Waals surface area contributed by atoms with Crippen molar-refractivity contribution in [2.75, 3.05) is 11.9 Å². The molecule has 0 radical (unpaired) electrons. The average molecular weight is 241 g/mol. The number of nitrogens with zero attached hydrogens (tertiary/aromatic N) is 3. The number of rotatable bonds is 4. The molecule has 86 valence electrons. The number of aryl methyl sites for hydroxylation is 1. The van der Waals surface area contributed by atoms with Crippen molar-refractivity contribution in [2.24, 2.45) is 12.8 Å². The first-order valence-corrected chi connectivity index (χ1v) is 4.93. The van der Waals surface area contributed by atoms with Crippen LogP contribution in [0.3, 0.4) is 0 Å². The number of hydrogen-bond acceptors (Lipinski definition) is 4. The maximum Gasteiger partial charge on any atom is 0.165 e. The molecule has 0 unspecified atom stereocenters. The Kier molecular flexibility index (Phi) is 4.13. The third-order valence-corrected chi connectivity index (χ3v) is 2.03. The average Bonchev–Trinajstić information content (AvgIpc) is 2.64. The van der Waals surface area contributed by atoms with Gasteiger partial charge in [0.2, 0.25) is 0 Å². The number of halogens is 1. The van der Waals surface area contributed by atoms with E-state index in [1.807, 2.05) is 19.3 Å². The van der Waals surface area contributed by atoms with Gasteiger partial charge >= 0.3 is 0 Å². The molecule has 0 aromatic carbocycles. The van der Waals surface area contributed by atoms with Crippen LogP contribution in [0.25, 0.3) is 0 Å². The van der Waals surface area contributed by atoms with E-state index in [1.54, 1.807) is 22.8 Å². The van der Waals surface area contributed by atoms with Crippen LogP contribution in [0.2, 0.25) is 0 Å². The van der Waals surface area contributed by atoms with Gasteiger partial charge in [0, 0.05) is 32.6 Å². The minimum absolute atomic E-state index is 0.0793. The zero-order chi connectivity index (χ0) is 12.1. The van der Waals surface area contributed by atoms with Gasteiger partial charge in [-0.3, -0.25) is 9.48 Å². The van der Waals surface area contributed by atoms with Gasteiger partial charge in [-0.15, -0.1) is 0 Å². The smallest absolute Gasteiger partial charge is 0.165 e. The highest BCUT2D eigenvalue weighted by molar-refractivity contribution is 6.31. The second-order valence-electron chi connectivity index (χ2n) is 3.23. The van der Waals surface area contributed by atoms with Crippen molar-refractivity contribution in [1.29, 1.82) is 0 Å². The molecule has 0 aliphatic carbocycles. The quantitative estimate of drug-likeness (QED) is 0.484. The second-order valence-corrected chi connectivity index (χ2v) is 3.67. The van der Waals surface area contributed by atoms with E-state index >= 15 is 0 Å². The van der Waals surface area contributed by atoms with Gasteiger partial charge in [0.15, 0.2) is 12.1 Å². The zero-order valence-electron chi connectivity index (χ0n) is 9.09. The van der Waals surface area contributed by atoms with Crippen molar-refractivity contribution in [3.8, 4) is 0 Å². The van der Waals surface area contributed by atoms with Gasteiger partial charge in [-0.2, -0.15) is 5.10 Å². The lowest BCUT2D eigenvalue weighted by Gasteiger charge is -2.10. The molecule has 1 heterocycles. The van der Waals surface area contributed by atoms with Crippen molar-refractivity contribution in [2.45, 2.75) is 0 Å². The first kappa shape index (κ1) is 12.3. The molecule has 0 aliphatic rings. The van der Waals surface area contributed by atoms with E-state index in [0.29, 0.717) is 11.3 Å². The van der Waals surface area contributed by atoms with Crippen LogP contribution in [-0.2, 0) is 11.8 Å².